The molecule has 2 aromatic carbocycles. The number of halogens is 2. The molecule has 0 unspecified atom stereocenters. The van der Waals surface area contributed by atoms with E-state index in [2.05, 4.69) is 10.2 Å². The van der Waals surface area contributed by atoms with Crippen LogP contribution < -0.4 is 5.43 Å². The molecule has 4 rings (SSSR count). The van der Waals surface area contributed by atoms with Crippen molar-refractivity contribution in [1.82, 2.24) is 14.8 Å². The maximum Gasteiger partial charge on any atom is 0.341 e. The molecule has 0 radical (unpaired) electrons. The van der Waals surface area contributed by atoms with Gasteiger partial charge in [0.15, 0.2) is 0 Å². The second kappa shape index (κ2) is 6.73. The standard InChI is InChI=1S/C20H13F2N3O3/c21-16-3-1-2-14-18(16)25(10-15(19(14)26)20(27)28)9-12-5-4-11(6-17(12)22)13-7-23-24-8-13/h1-8,10H,9H2,(H,23,24)(H,27,28). The summed E-state index contributed by atoms with van der Waals surface area (Å²) in [6, 6.07) is 8.37. The van der Waals surface area contributed by atoms with Crippen LogP contribution in [0.4, 0.5) is 8.78 Å². The number of nitrogens with zero attached hydrogens (tertiary/aromatic N) is 2. The van der Waals surface area contributed by atoms with Crippen LogP contribution in [-0.2, 0) is 6.54 Å². The number of carboxylic acid groups (broad SMARTS) is 1. The average Bonchev–Trinajstić information content (AvgIpc) is 3.20. The smallest absolute Gasteiger partial charge is 0.341 e. The number of aromatic carboxylic acids is 1. The molecule has 28 heavy (non-hydrogen) atoms. The molecule has 2 aromatic heterocycles. The van der Waals surface area contributed by atoms with Gasteiger partial charge in [-0.3, -0.25) is 9.89 Å². The molecule has 140 valence electrons. The van der Waals surface area contributed by atoms with E-state index in [0.717, 1.165) is 12.3 Å². The van der Waals surface area contributed by atoms with Crippen molar-refractivity contribution in [2.45, 2.75) is 6.54 Å². The summed E-state index contributed by atoms with van der Waals surface area (Å²) < 4.78 is 30.3. The zero-order chi connectivity index (χ0) is 19.8. The third-order valence-electron chi connectivity index (χ3n) is 4.50. The van der Waals surface area contributed by atoms with Crippen LogP contribution in [0.25, 0.3) is 22.0 Å². The lowest BCUT2D eigenvalue weighted by atomic mass is 10.1. The minimum atomic E-state index is -1.43. The number of fused-ring (bicyclic) bond motifs is 1. The molecule has 0 spiro atoms. The van der Waals surface area contributed by atoms with Crippen LogP contribution in [0.2, 0.25) is 0 Å². The summed E-state index contributed by atoms with van der Waals surface area (Å²) in [6.07, 6.45) is 4.22. The molecular weight excluding hydrogens is 368 g/mol. The zero-order valence-corrected chi connectivity index (χ0v) is 14.3. The van der Waals surface area contributed by atoms with Crippen LogP contribution in [-0.4, -0.2) is 25.8 Å². The highest BCUT2D eigenvalue weighted by Gasteiger charge is 2.17. The first kappa shape index (κ1) is 17.6. The van der Waals surface area contributed by atoms with E-state index in [-0.39, 0.29) is 23.0 Å². The number of rotatable bonds is 4. The van der Waals surface area contributed by atoms with E-state index in [1.807, 2.05) is 0 Å². The molecule has 0 aliphatic heterocycles. The monoisotopic (exact) mass is 381 g/mol. The number of H-pyrrole nitrogens is 1. The Balaban J connectivity index is 1.85. The van der Waals surface area contributed by atoms with E-state index in [9.17, 15) is 23.5 Å². The molecular formula is C20H13F2N3O3. The van der Waals surface area contributed by atoms with Gasteiger partial charge in [-0.05, 0) is 23.8 Å². The summed E-state index contributed by atoms with van der Waals surface area (Å²) in [4.78, 5) is 23.7. The number of carbonyl (C=O) groups is 1. The van der Waals surface area contributed by atoms with Crippen LogP contribution in [0.1, 0.15) is 15.9 Å². The van der Waals surface area contributed by atoms with Gasteiger partial charge in [0.2, 0.25) is 5.43 Å². The Kier molecular flexibility index (Phi) is 4.23. The van der Waals surface area contributed by atoms with Crippen molar-refractivity contribution < 1.29 is 18.7 Å². The molecule has 4 aromatic rings. The lowest BCUT2D eigenvalue weighted by Crippen LogP contribution is -2.20. The number of hydrogen-bond donors (Lipinski definition) is 2. The first-order valence-corrected chi connectivity index (χ1v) is 8.28. The summed E-state index contributed by atoms with van der Waals surface area (Å²) in [6.45, 7) is -0.143. The number of para-hydroxylation sites is 1. The van der Waals surface area contributed by atoms with Crippen molar-refractivity contribution >= 4 is 16.9 Å². The molecule has 8 heteroatoms. The summed E-state index contributed by atoms with van der Waals surface area (Å²) in [5.41, 5.74) is 0.172. The first-order valence-electron chi connectivity index (χ1n) is 8.28. The minimum absolute atomic E-state index is 0.0733. The Morgan fingerprint density at radius 1 is 1.14 bits per heavy atom. The predicted octanol–water partition coefficient (Wildman–Crippen LogP) is 3.42. The molecule has 0 aliphatic rings. The van der Waals surface area contributed by atoms with E-state index in [0.29, 0.717) is 11.1 Å². The van der Waals surface area contributed by atoms with Crippen molar-refractivity contribution in [3.8, 4) is 11.1 Å². The number of aromatic amines is 1. The minimum Gasteiger partial charge on any atom is -0.477 e. The third kappa shape index (κ3) is 2.94. The van der Waals surface area contributed by atoms with Crippen LogP contribution in [0.5, 0.6) is 0 Å². The van der Waals surface area contributed by atoms with Gasteiger partial charge in [-0.25, -0.2) is 13.6 Å². The molecule has 0 amide bonds. The van der Waals surface area contributed by atoms with Gasteiger partial charge >= 0.3 is 5.97 Å². The molecule has 0 bridgehead atoms. The fourth-order valence-corrected chi connectivity index (χ4v) is 3.14. The highest BCUT2D eigenvalue weighted by molar-refractivity contribution is 5.92. The fraction of sp³-hybridized carbons (Fsp3) is 0.0500. The largest absolute Gasteiger partial charge is 0.477 e. The lowest BCUT2D eigenvalue weighted by Gasteiger charge is -2.14. The number of nitrogens with one attached hydrogen (secondary N) is 1. The van der Waals surface area contributed by atoms with Gasteiger partial charge in [0.1, 0.15) is 17.2 Å². The second-order valence-electron chi connectivity index (χ2n) is 6.23. The summed E-state index contributed by atoms with van der Waals surface area (Å²) in [5, 5.41) is 15.7. The second-order valence-corrected chi connectivity index (χ2v) is 6.23. The Morgan fingerprint density at radius 3 is 2.64 bits per heavy atom. The third-order valence-corrected chi connectivity index (χ3v) is 4.50. The summed E-state index contributed by atoms with van der Waals surface area (Å²) in [7, 11) is 0. The number of benzene rings is 2. The molecule has 0 aliphatic carbocycles. The van der Waals surface area contributed by atoms with E-state index >= 15 is 0 Å². The topological polar surface area (TPSA) is 88.0 Å². The molecule has 2 N–H and O–H groups in total. The van der Waals surface area contributed by atoms with Crippen molar-refractivity contribution in [2.24, 2.45) is 0 Å². The molecule has 6 nitrogen and oxygen atoms in total. The maximum atomic E-state index is 14.7. The van der Waals surface area contributed by atoms with E-state index in [4.69, 9.17) is 0 Å². The van der Waals surface area contributed by atoms with Crippen molar-refractivity contribution in [3.05, 3.63) is 88.0 Å². The first-order chi connectivity index (χ1) is 13.5. The molecule has 0 fully saturated rings. The average molecular weight is 381 g/mol. The van der Waals surface area contributed by atoms with Gasteiger partial charge < -0.3 is 9.67 Å². The fourth-order valence-electron chi connectivity index (χ4n) is 3.14. The lowest BCUT2D eigenvalue weighted by molar-refractivity contribution is 0.0695. The SMILES string of the molecule is O=C(O)c1cn(Cc2ccc(-c3cn[nH]c3)cc2F)c2c(F)cccc2c1=O. The molecule has 2 heterocycles. The predicted molar refractivity (Wildman–Crippen MR) is 98.2 cm³/mol. The van der Waals surface area contributed by atoms with Crippen LogP contribution in [0.15, 0.2) is 59.8 Å². The Hall–Kier alpha value is -3.81. The highest BCUT2D eigenvalue weighted by Crippen LogP contribution is 2.23. The van der Waals surface area contributed by atoms with Crippen LogP contribution >= 0.6 is 0 Å². The molecule has 0 atom stereocenters. The van der Waals surface area contributed by atoms with E-state index < -0.39 is 28.6 Å². The van der Waals surface area contributed by atoms with Crippen molar-refractivity contribution in [2.75, 3.05) is 0 Å². The number of carboxylic acids is 1. The van der Waals surface area contributed by atoms with Gasteiger partial charge in [-0.1, -0.05) is 18.2 Å². The van der Waals surface area contributed by atoms with Gasteiger partial charge in [-0.2, -0.15) is 5.10 Å². The molecule has 0 saturated carbocycles. The van der Waals surface area contributed by atoms with Gasteiger partial charge in [-0.15, -0.1) is 0 Å². The number of aromatic nitrogens is 3. The van der Waals surface area contributed by atoms with Crippen LogP contribution in [0.3, 0.4) is 0 Å². The van der Waals surface area contributed by atoms with Gasteiger partial charge in [0.05, 0.1) is 18.3 Å². The normalized spacial score (nSPS) is 11.1. The summed E-state index contributed by atoms with van der Waals surface area (Å²) >= 11 is 0. The van der Waals surface area contributed by atoms with Crippen molar-refractivity contribution in [1.29, 1.82) is 0 Å². The number of pyridine rings is 1. The van der Waals surface area contributed by atoms with Crippen LogP contribution in [0, 0.1) is 11.6 Å². The van der Waals surface area contributed by atoms with E-state index in [1.165, 1.54) is 28.8 Å². The Morgan fingerprint density at radius 2 is 1.96 bits per heavy atom. The maximum absolute atomic E-state index is 14.7. The van der Waals surface area contributed by atoms with Crippen molar-refractivity contribution in [3.63, 3.8) is 0 Å². The van der Waals surface area contributed by atoms with Gasteiger partial charge in [0, 0.05) is 28.9 Å². The zero-order valence-electron chi connectivity index (χ0n) is 14.3. The quantitative estimate of drug-likeness (QED) is 0.567. The molecule has 0 saturated heterocycles. The Labute approximate surface area is 156 Å². The van der Waals surface area contributed by atoms with Gasteiger partial charge in [0.25, 0.3) is 0 Å². The highest BCUT2D eigenvalue weighted by atomic mass is 19.1. The number of hydrogen-bond acceptors (Lipinski definition) is 3. The Bertz CT molecular complexity index is 1260. The van der Waals surface area contributed by atoms with E-state index in [1.54, 1.807) is 18.5 Å². The summed E-state index contributed by atoms with van der Waals surface area (Å²) in [5.74, 6) is -2.67.